The van der Waals surface area contributed by atoms with Crippen molar-refractivity contribution in [3.8, 4) is 5.75 Å². The molecule has 0 saturated carbocycles. The van der Waals surface area contributed by atoms with Gasteiger partial charge >= 0.3 is 0 Å². The highest BCUT2D eigenvalue weighted by Crippen LogP contribution is 2.31. The Morgan fingerprint density at radius 1 is 1.48 bits per heavy atom. The second-order valence-corrected chi connectivity index (χ2v) is 6.42. The molecule has 0 aliphatic carbocycles. The second kappa shape index (κ2) is 6.79. The van der Waals surface area contributed by atoms with Crippen LogP contribution in [0.5, 0.6) is 5.75 Å². The number of amides is 1. The molecule has 1 saturated heterocycles. The Kier molecular flexibility index (Phi) is 5.27. The molecule has 0 aromatic heterocycles. The third kappa shape index (κ3) is 3.77. The highest BCUT2D eigenvalue weighted by Gasteiger charge is 2.35. The number of rotatable bonds is 4. The minimum atomic E-state index is -0.147. The minimum absolute atomic E-state index is 0.0751. The van der Waals surface area contributed by atoms with Gasteiger partial charge in [0.15, 0.2) is 0 Å². The molecule has 0 radical (unpaired) electrons. The van der Waals surface area contributed by atoms with Crippen molar-refractivity contribution in [1.29, 1.82) is 0 Å². The number of aromatic hydroxyl groups is 1. The standard InChI is InChI=1S/C16H22BrNO3/c1-3-16(4-2)10-12(7-8-21-16)18-15(20)11-5-6-13(17)14(19)9-11/h5-6,9,12,19H,3-4,7-8,10H2,1-2H3,(H,18,20). The predicted octanol–water partition coefficient (Wildman–Crippen LogP) is 3.62. The number of carbonyl (C=O) groups excluding carboxylic acids is 1. The molecule has 1 atom stereocenters. The number of hydrogen-bond acceptors (Lipinski definition) is 3. The molecule has 116 valence electrons. The first-order valence-electron chi connectivity index (χ1n) is 7.43. The van der Waals surface area contributed by atoms with Crippen molar-refractivity contribution < 1.29 is 14.6 Å². The number of carbonyl (C=O) groups is 1. The zero-order valence-corrected chi connectivity index (χ0v) is 14.1. The zero-order chi connectivity index (χ0) is 15.5. The van der Waals surface area contributed by atoms with E-state index in [1.807, 2.05) is 0 Å². The molecule has 2 rings (SSSR count). The third-order valence-electron chi connectivity index (χ3n) is 4.33. The Hall–Kier alpha value is -1.07. The molecule has 21 heavy (non-hydrogen) atoms. The maximum absolute atomic E-state index is 12.3. The molecule has 1 unspecified atom stereocenters. The molecule has 1 aromatic carbocycles. The fourth-order valence-corrected chi connectivity index (χ4v) is 3.06. The van der Waals surface area contributed by atoms with E-state index in [-0.39, 0.29) is 23.3 Å². The van der Waals surface area contributed by atoms with Crippen LogP contribution in [0.1, 0.15) is 49.9 Å². The average molecular weight is 356 g/mol. The summed E-state index contributed by atoms with van der Waals surface area (Å²) in [6.07, 6.45) is 3.58. The van der Waals surface area contributed by atoms with Crippen molar-refractivity contribution in [2.24, 2.45) is 0 Å². The predicted molar refractivity (Wildman–Crippen MR) is 85.6 cm³/mol. The van der Waals surface area contributed by atoms with Crippen molar-refractivity contribution >= 4 is 21.8 Å². The number of halogens is 1. The summed E-state index contributed by atoms with van der Waals surface area (Å²) >= 11 is 3.21. The molecule has 0 spiro atoms. The van der Waals surface area contributed by atoms with Gasteiger partial charge in [-0.2, -0.15) is 0 Å². The van der Waals surface area contributed by atoms with Gasteiger partial charge in [0, 0.05) is 18.2 Å². The van der Waals surface area contributed by atoms with Crippen LogP contribution in [0.2, 0.25) is 0 Å². The van der Waals surface area contributed by atoms with Gasteiger partial charge < -0.3 is 15.2 Å². The van der Waals surface area contributed by atoms with Crippen LogP contribution < -0.4 is 5.32 Å². The van der Waals surface area contributed by atoms with Gasteiger partial charge in [0.05, 0.1) is 10.1 Å². The van der Waals surface area contributed by atoms with Gasteiger partial charge in [-0.1, -0.05) is 13.8 Å². The average Bonchev–Trinajstić information content (AvgIpc) is 2.50. The molecular formula is C16H22BrNO3. The molecule has 1 heterocycles. The lowest BCUT2D eigenvalue weighted by atomic mass is 9.86. The van der Waals surface area contributed by atoms with Crippen LogP contribution in [-0.4, -0.2) is 29.3 Å². The number of benzene rings is 1. The fraction of sp³-hybridized carbons (Fsp3) is 0.562. The van der Waals surface area contributed by atoms with E-state index in [0.717, 1.165) is 25.7 Å². The van der Waals surface area contributed by atoms with Crippen LogP contribution in [0.4, 0.5) is 0 Å². The first-order chi connectivity index (χ1) is 9.99. The van der Waals surface area contributed by atoms with Crippen molar-refractivity contribution in [3.63, 3.8) is 0 Å². The molecule has 2 N–H and O–H groups in total. The number of ether oxygens (including phenoxy) is 1. The smallest absolute Gasteiger partial charge is 0.251 e. The molecule has 1 fully saturated rings. The largest absolute Gasteiger partial charge is 0.507 e. The van der Waals surface area contributed by atoms with Crippen LogP contribution in [-0.2, 0) is 4.74 Å². The quantitative estimate of drug-likeness (QED) is 0.866. The monoisotopic (exact) mass is 355 g/mol. The summed E-state index contributed by atoms with van der Waals surface area (Å²) in [5.41, 5.74) is 0.360. The van der Waals surface area contributed by atoms with Crippen LogP contribution in [0.3, 0.4) is 0 Å². The summed E-state index contributed by atoms with van der Waals surface area (Å²) in [5, 5.41) is 12.7. The van der Waals surface area contributed by atoms with E-state index in [2.05, 4.69) is 35.1 Å². The molecular weight excluding hydrogens is 334 g/mol. The molecule has 0 bridgehead atoms. The van der Waals surface area contributed by atoms with Crippen molar-refractivity contribution in [2.45, 2.75) is 51.2 Å². The van der Waals surface area contributed by atoms with Crippen LogP contribution in [0, 0.1) is 0 Å². The van der Waals surface area contributed by atoms with Crippen molar-refractivity contribution in [2.75, 3.05) is 6.61 Å². The summed E-state index contributed by atoms with van der Waals surface area (Å²) in [5.74, 6) is -0.0723. The molecule has 4 nitrogen and oxygen atoms in total. The topological polar surface area (TPSA) is 58.6 Å². The first kappa shape index (κ1) is 16.3. The highest BCUT2D eigenvalue weighted by atomic mass is 79.9. The van der Waals surface area contributed by atoms with Crippen molar-refractivity contribution in [3.05, 3.63) is 28.2 Å². The van der Waals surface area contributed by atoms with Crippen LogP contribution in [0.25, 0.3) is 0 Å². The van der Waals surface area contributed by atoms with Gasteiger partial charge in [0.25, 0.3) is 5.91 Å². The van der Waals surface area contributed by atoms with E-state index in [4.69, 9.17) is 4.74 Å². The van der Waals surface area contributed by atoms with Gasteiger partial charge in [0.2, 0.25) is 0 Å². The van der Waals surface area contributed by atoms with Gasteiger partial charge in [-0.25, -0.2) is 0 Å². The second-order valence-electron chi connectivity index (χ2n) is 5.57. The minimum Gasteiger partial charge on any atom is -0.507 e. The van der Waals surface area contributed by atoms with E-state index < -0.39 is 0 Å². The maximum Gasteiger partial charge on any atom is 0.251 e. The van der Waals surface area contributed by atoms with Crippen molar-refractivity contribution in [1.82, 2.24) is 5.32 Å². The van der Waals surface area contributed by atoms with E-state index in [9.17, 15) is 9.90 Å². The Labute approximate surface area is 134 Å². The lowest BCUT2D eigenvalue weighted by Gasteiger charge is -2.40. The summed E-state index contributed by atoms with van der Waals surface area (Å²) in [6, 6.07) is 4.98. The van der Waals surface area contributed by atoms with E-state index in [0.29, 0.717) is 16.6 Å². The number of phenolic OH excluding ortho intramolecular Hbond substituents is 1. The Balaban J connectivity index is 2.03. The molecule has 1 aromatic rings. The van der Waals surface area contributed by atoms with Gasteiger partial charge in [-0.15, -0.1) is 0 Å². The number of nitrogens with one attached hydrogen (secondary N) is 1. The zero-order valence-electron chi connectivity index (χ0n) is 12.5. The molecule has 1 aliphatic rings. The van der Waals surface area contributed by atoms with Gasteiger partial charge in [0.1, 0.15) is 5.75 Å². The number of hydrogen-bond donors (Lipinski definition) is 2. The molecule has 1 amide bonds. The SMILES string of the molecule is CCC1(CC)CC(NC(=O)c2ccc(Br)c(O)c2)CCO1. The van der Waals surface area contributed by atoms with Gasteiger partial charge in [-0.3, -0.25) is 4.79 Å². The van der Waals surface area contributed by atoms with Gasteiger partial charge in [-0.05, 0) is 59.8 Å². The maximum atomic E-state index is 12.3. The lowest BCUT2D eigenvalue weighted by molar-refractivity contribution is -0.0917. The Morgan fingerprint density at radius 3 is 2.81 bits per heavy atom. The first-order valence-corrected chi connectivity index (χ1v) is 8.22. The highest BCUT2D eigenvalue weighted by molar-refractivity contribution is 9.10. The summed E-state index contributed by atoms with van der Waals surface area (Å²) < 4.78 is 6.50. The Bertz CT molecular complexity index is 514. The molecule has 1 aliphatic heterocycles. The van der Waals surface area contributed by atoms with E-state index in [1.54, 1.807) is 12.1 Å². The van der Waals surface area contributed by atoms with E-state index >= 15 is 0 Å². The summed E-state index contributed by atoms with van der Waals surface area (Å²) in [7, 11) is 0. The summed E-state index contributed by atoms with van der Waals surface area (Å²) in [4.78, 5) is 12.3. The third-order valence-corrected chi connectivity index (χ3v) is 5.00. The molecule has 5 heteroatoms. The Morgan fingerprint density at radius 2 is 2.19 bits per heavy atom. The normalized spacial score (nSPS) is 21.0. The number of phenols is 1. The lowest BCUT2D eigenvalue weighted by Crippen LogP contribution is -2.48. The van der Waals surface area contributed by atoms with Crippen LogP contribution in [0.15, 0.2) is 22.7 Å². The van der Waals surface area contributed by atoms with E-state index in [1.165, 1.54) is 6.07 Å². The summed E-state index contributed by atoms with van der Waals surface area (Å²) in [6.45, 7) is 4.93. The van der Waals surface area contributed by atoms with Crippen LogP contribution >= 0.6 is 15.9 Å². The fourth-order valence-electron chi connectivity index (χ4n) is 2.82.